The molecule has 0 saturated carbocycles. The van der Waals surface area contributed by atoms with E-state index in [1.54, 1.807) is 0 Å². The monoisotopic (exact) mass is 1440 g/mol. The fourth-order valence-electron chi connectivity index (χ4n) is 10.6. The van der Waals surface area contributed by atoms with Crippen LogP contribution in [-0.2, 0) is 16.5 Å². The van der Waals surface area contributed by atoms with Crippen LogP contribution in [0.5, 0.6) is 23.0 Å². The summed E-state index contributed by atoms with van der Waals surface area (Å²) in [7, 11) is 0. The molecule has 0 spiro atoms. The first-order valence-corrected chi connectivity index (χ1v) is 38.1. The number of rotatable bonds is 52. The molecule has 0 saturated heterocycles. The minimum atomic E-state index is 0. The summed E-state index contributed by atoms with van der Waals surface area (Å²) in [5.41, 5.74) is 4.04. The summed E-state index contributed by atoms with van der Waals surface area (Å²) in [6, 6.07) is 28.7. The first-order chi connectivity index (χ1) is 42.1. The minimum absolute atomic E-state index is 0. The Balaban J connectivity index is 0.000000587. The summed E-state index contributed by atoms with van der Waals surface area (Å²) in [5.74, 6) is 3.28. The fourth-order valence-corrected chi connectivity index (χ4v) is 12.2. The second-order valence-electron chi connectivity index (χ2n) is 23.9. The van der Waals surface area contributed by atoms with E-state index in [4.69, 9.17) is 69.5 Å². The average molecular weight is 1440 g/mol. The summed E-state index contributed by atoms with van der Waals surface area (Å²) in [6.45, 7) is 12.0. The van der Waals surface area contributed by atoms with Crippen molar-refractivity contribution >= 4 is 102 Å². The van der Waals surface area contributed by atoms with Gasteiger partial charge in [-0.05, 0) is 109 Å². The smallest absolute Gasteiger partial charge is 0.161 e. The summed E-state index contributed by atoms with van der Waals surface area (Å²) in [5, 5.41) is 0. The van der Waals surface area contributed by atoms with Crippen molar-refractivity contribution in [2.75, 3.05) is 26.4 Å². The molecule has 0 radical (unpaired) electrons. The van der Waals surface area contributed by atoms with Gasteiger partial charge in [-0.25, -0.2) is 0 Å². The van der Waals surface area contributed by atoms with Gasteiger partial charge >= 0.3 is 0 Å². The van der Waals surface area contributed by atoms with E-state index >= 15 is 0 Å². The van der Waals surface area contributed by atoms with E-state index in [-0.39, 0.29) is 16.5 Å². The second kappa shape index (κ2) is 56.0. The van der Waals surface area contributed by atoms with Crippen LogP contribution in [0.1, 0.15) is 307 Å². The van der Waals surface area contributed by atoms with Crippen molar-refractivity contribution in [3.8, 4) is 23.0 Å². The van der Waals surface area contributed by atoms with Gasteiger partial charge in [0.25, 0.3) is 0 Å². The molecule has 4 rings (SSSR count). The van der Waals surface area contributed by atoms with Crippen molar-refractivity contribution in [3.05, 3.63) is 116 Å². The molecule has 0 aliphatic heterocycles. The molecule has 4 aromatic rings. The van der Waals surface area contributed by atoms with Gasteiger partial charge in [0.2, 0.25) is 0 Å². The molecule has 87 heavy (non-hydrogen) atoms. The Morgan fingerprint density at radius 3 is 0.667 bits per heavy atom. The van der Waals surface area contributed by atoms with Crippen molar-refractivity contribution in [3.63, 3.8) is 0 Å². The summed E-state index contributed by atoms with van der Waals surface area (Å²) >= 11 is 26.4. The van der Waals surface area contributed by atoms with Crippen molar-refractivity contribution < 1.29 is 35.4 Å². The summed E-state index contributed by atoms with van der Waals surface area (Å²) in [4.78, 5) is 3.34. The predicted octanol–water partition coefficient (Wildman–Crippen LogP) is 27.5. The third kappa shape index (κ3) is 39.5. The molecule has 4 nitrogen and oxygen atoms in total. The molecule has 0 aliphatic rings. The molecular formula is C76H118Br2NiO4S4. The largest absolute Gasteiger partial charge is 0.490 e. The standard InChI is InChI=1S/2C38H59BrO2S2.Ni/c2*1-3-5-7-9-11-13-15-17-19-21-29-40-35-28-25-33(38(43)37(42)32-23-26-34(39)27-24-32)31-36(35)41-30-22-20-18-16-14-12-10-8-6-4-2;/h2*23-28,31,42-43H,3-22,29-30H2,1-2H3;. The molecule has 0 unspecified atom stereocenters. The van der Waals surface area contributed by atoms with Crippen LogP contribution in [0.3, 0.4) is 0 Å². The topological polar surface area (TPSA) is 36.9 Å². The molecule has 0 N–H and O–H groups in total. The quantitative estimate of drug-likeness (QED) is 0.0154. The first-order valence-electron chi connectivity index (χ1n) is 34.7. The molecule has 0 atom stereocenters. The Morgan fingerprint density at radius 2 is 0.437 bits per heavy atom. The maximum atomic E-state index is 6.34. The number of unbranched alkanes of at least 4 members (excludes halogenated alkanes) is 36. The number of halogens is 2. The Morgan fingerprint density at radius 1 is 0.253 bits per heavy atom. The molecule has 0 fully saturated rings. The van der Waals surface area contributed by atoms with E-state index in [0.717, 1.165) is 113 Å². The zero-order valence-electron chi connectivity index (χ0n) is 54.7. The van der Waals surface area contributed by atoms with Crippen LogP contribution in [0.4, 0.5) is 0 Å². The van der Waals surface area contributed by atoms with Gasteiger partial charge in [0.05, 0.1) is 26.4 Å². The number of thiol groups is 4. The maximum absolute atomic E-state index is 6.34. The van der Waals surface area contributed by atoms with E-state index in [2.05, 4.69) is 108 Å². The number of benzene rings is 4. The van der Waals surface area contributed by atoms with Crippen LogP contribution in [0, 0.1) is 0 Å². The Hall–Kier alpha value is -1.59. The first kappa shape index (κ1) is 81.5. The SMILES string of the molecule is CCCCCCCCCCCCOc1ccc(C(S)=C(S)c2ccc(Br)cc2)cc1OCCCCCCCCCCCC.CCCCCCCCCCCCOc1ccc(C(S)=C(S)c2ccc(Br)cc2)cc1OCCCCCCCCCCCC.[Ni]. The zero-order valence-corrected chi connectivity index (χ0v) is 62.4. The predicted molar refractivity (Wildman–Crippen MR) is 400 cm³/mol. The number of hydrogen-bond donors (Lipinski definition) is 4. The van der Waals surface area contributed by atoms with Crippen LogP contribution in [0.15, 0.2) is 93.9 Å². The molecule has 11 heteroatoms. The van der Waals surface area contributed by atoms with Crippen molar-refractivity contribution in [2.45, 2.75) is 285 Å². The van der Waals surface area contributed by atoms with E-state index in [1.807, 2.05) is 36.4 Å². The average Bonchev–Trinajstić information content (AvgIpc) is 3.26. The van der Waals surface area contributed by atoms with Gasteiger partial charge < -0.3 is 18.9 Å². The normalized spacial score (nSPS) is 11.8. The molecule has 494 valence electrons. The van der Waals surface area contributed by atoms with Crippen LogP contribution in [-0.4, -0.2) is 26.4 Å². The Kier molecular flexibility index (Phi) is 52.5. The van der Waals surface area contributed by atoms with E-state index in [1.165, 1.54) is 231 Å². The Labute approximate surface area is 582 Å². The molecule has 0 heterocycles. The van der Waals surface area contributed by atoms with Gasteiger partial charge in [-0.3, -0.25) is 0 Å². The van der Waals surface area contributed by atoms with Crippen LogP contribution >= 0.6 is 82.4 Å². The van der Waals surface area contributed by atoms with Crippen molar-refractivity contribution in [2.24, 2.45) is 0 Å². The summed E-state index contributed by atoms with van der Waals surface area (Å²) in [6.07, 6.45) is 52.7. The van der Waals surface area contributed by atoms with Gasteiger partial charge in [0, 0.05) is 45.1 Å². The molecular weight excluding hydrogens is 1320 g/mol. The zero-order chi connectivity index (χ0) is 61.9. The van der Waals surface area contributed by atoms with Gasteiger partial charge in [-0.2, -0.15) is 0 Å². The molecule has 0 amide bonds. The van der Waals surface area contributed by atoms with Crippen LogP contribution in [0.2, 0.25) is 0 Å². The minimum Gasteiger partial charge on any atom is -0.490 e. The van der Waals surface area contributed by atoms with Gasteiger partial charge in [-0.1, -0.05) is 315 Å². The molecule has 0 aliphatic carbocycles. The third-order valence-corrected chi connectivity index (χ3v) is 19.5. The van der Waals surface area contributed by atoms with Gasteiger partial charge in [0.15, 0.2) is 23.0 Å². The number of hydrogen-bond acceptors (Lipinski definition) is 8. The summed E-state index contributed by atoms with van der Waals surface area (Å²) < 4.78 is 27.3. The Bertz CT molecular complexity index is 2180. The van der Waals surface area contributed by atoms with E-state index in [9.17, 15) is 0 Å². The maximum Gasteiger partial charge on any atom is 0.161 e. The van der Waals surface area contributed by atoms with Crippen LogP contribution < -0.4 is 18.9 Å². The van der Waals surface area contributed by atoms with Gasteiger partial charge in [-0.15, -0.1) is 50.5 Å². The third-order valence-electron chi connectivity index (χ3n) is 16.1. The molecule has 0 bridgehead atoms. The van der Waals surface area contributed by atoms with Crippen molar-refractivity contribution in [1.82, 2.24) is 0 Å². The van der Waals surface area contributed by atoms with Crippen molar-refractivity contribution in [1.29, 1.82) is 0 Å². The van der Waals surface area contributed by atoms with Crippen LogP contribution in [0.25, 0.3) is 19.6 Å². The van der Waals surface area contributed by atoms with E-state index in [0.29, 0.717) is 13.2 Å². The second-order valence-corrected chi connectivity index (χ2v) is 27.5. The fraction of sp³-hybridized carbons (Fsp3) is 0.632. The molecule has 0 aromatic heterocycles. The molecule has 4 aromatic carbocycles. The van der Waals surface area contributed by atoms with E-state index < -0.39 is 0 Å². The number of ether oxygens (including phenoxy) is 4. The van der Waals surface area contributed by atoms with Gasteiger partial charge in [0.1, 0.15) is 0 Å².